The first-order chi connectivity index (χ1) is 7.20. The Bertz CT molecular complexity index is 282. The van der Waals surface area contributed by atoms with Gasteiger partial charge in [0, 0.05) is 6.54 Å². The van der Waals surface area contributed by atoms with Crippen LogP contribution in [-0.2, 0) is 4.79 Å². The Labute approximate surface area is 90.1 Å². The van der Waals surface area contributed by atoms with Gasteiger partial charge in [0.25, 0.3) is 0 Å². The van der Waals surface area contributed by atoms with E-state index in [9.17, 15) is 4.79 Å². The van der Waals surface area contributed by atoms with Crippen LogP contribution < -0.4 is 5.43 Å². The van der Waals surface area contributed by atoms with E-state index in [4.69, 9.17) is 5.11 Å². The minimum absolute atomic E-state index is 0.104. The molecule has 0 radical (unpaired) electrons. The lowest BCUT2D eigenvalue weighted by atomic mass is 9.97. The molecule has 0 spiro atoms. The standard InChI is InChI=1S/C11H18N2O2/c1-9(11(14)15)13-12-8-7-10-5-3-2-4-6-10/h5,12H,2-4,6-8H2,1H3,(H,14,15). The number of carboxylic acids is 1. The highest BCUT2D eigenvalue weighted by Crippen LogP contribution is 2.19. The largest absolute Gasteiger partial charge is 0.477 e. The predicted molar refractivity (Wildman–Crippen MR) is 59.9 cm³/mol. The summed E-state index contributed by atoms with van der Waals surface area (Å²) in [6.07, 6.45) is 8.21. The van der Waals surface area contributed by atoms with Crippen LogP contribution >= 0.6 is 0 Å². The second kappa shape index (κ2) is 6.22. The lowest BCUT2D eigenvalue weighted by molar-refractivity contribution is -0.129. The Kier molecular flexibility index (Phi) is 4.87. The molecular formula is C11H18N2O2. The van der Waals surface area contributed by atoms with Gasteiger partial charge in [-0.15, -0.1) is 0 Å². The molecule has 1 aliphatic rings. The van der Waals surface area contributed by atoms with Crippen LogP contribution in [0.4, 0.5) is 0 Å². The third kappa shape index (κ3) is 4.63. The van der Waals surface area contributed by atoms with E-state index in [0.717, 1.165) is 13.0 Å². The fourth-order valence-corrected chi connectivity index (χ4v) is 1.57. The summed E-state index contributed by atoms with van der Waals surface area (Å²) in [5, 5.41) is 12.3. The molecule has 0 fully saturated rings. The second-order valence-corrected chi connectivity index (χ2v) is 3.77. The van der Waals surface area contributed by atoms with Crippen molar-refractivity contribution in [2.24, 2.45) is 5.10 Å². The first-order valence-corrected chi connectivity index (χ1v) is 5.38. The van der Waals surface area contributed by atoms with E-state index in [-0.39, 0.29) is 5.71 Å². The Hall–Kier alpha value is -1.32. The monoisotopic (exact) mass is 210 g/mol. The minimum Gasteiger partial charge on any atom is -0.477 e. The second-order valence-electron chi connectivity index (χ2n) is 3.77. The molecule has 4 heteroatoms. The molecule has 4 nitrogen and oxygen atoms in total. The van der Waals surface area contributed by atoms with Crippen molar-refractivity contribution in [2.45, 2.75) is 39.0 Å². The average Bonchev–Trinajstić information content (AvgIpc) is 2.25. The summed E-state index contributed by atoms with van der Waals surface area (Å²) in [4.78, 5) is 10.4. The zero-order valence-electron chi connectivity index (χ0n) is 9.12. The Morgan fingerprint density at radius 1 is 1.60 bits per heavy atom. The molecule has 0 unspecified atom stereocenters. The lowest BCUT2D eigenvalue weighted by Crippen LogP contribution is -2.16. The maximum absolute atomic E-state index is 10.4. The molecule has 0 bridgehead atoms. The molecule has 1 rings (SSSR count). The van der Waals surface area contributed by atoms with Crippen LogP contribution in [0.3, 0.4) is 0 Å². The number of aliphatic carboxylic acids is 1. The maximum Gasteiger partial charge on any atom is 0.351 e. The van der Waals surface area contributed by atoms with Gasteiger partial charge in [-0.05, 0) is 39.0 Å². The first-order valence-electron chi connectivity index (χ1n) is 5.38. The molecule has 2 N–H and O–H groups in total. The summed E-state index contributed by atoms with van der Waals surface area (Å²) >= 11 is 0. The van der Waals surface area contributed by atoms with Crippen LogP contribution in [0.1, 0.15) is 39.0 Å². The van der Waals surface area contributed by atoms with Gasteiger partial charge < -0.3 is 10.5 Å². The quantitative estimate of drug-likeness (QED) is 0.315. The van der Waals surface area contributed by atoms with Crippen molar-refractivity contribution < 1.29 is 9.90 Å². The number of hydrogen-bond donors (Lipinski definition) is 2. The van der Waals surface area contributed by atoms with E-state index in [2.05, 4.69) is 16.6 Å². The zero-order chi connectivity index (χ0) is 11.1. The molecule has 0 aromatic carbocycles. The Morgan fingerprint density at radius 3 is 3.00 bits per heavy atom. The van der Waals surface area contributed by atoms with Gasteiger partial charge in [0.1, 0.15) is 5.71 Å². The average molecular weight is 210 g/mol. The Balaban J connectivity index is 2.18. The van der Waals surface area contributed by atoms with Gasteiger partial charge in [0.2, 0.25) is 0 Å². The van der Waals surface area contributed by atoms with Gasteiger partial charge in [-0.25, -0.2) is 4.79 Å². The van der Waals surface area contributed by atoms with E-state index in [1.54, 1.807) is 0 Å². The van der Waals surface area contributed by atoms with Crippen LogP contribution in [0.15, 0.2) is 16.8 Å². The highest BCUT2D eigenvalue weighted by Gasteiger charge is 2.03. The van der Waals surface area contributed by atoms with Crippen molar-refractivity contribution in [3.05, 3.63) is 11.6 Å². The van der Waals surface area contributed by atoms with Crippen LogP contribution in [-0.4, -0.2) is 23.3 Å². The van der Waals surface area contributed by atoms with E-state index < -0.39 is 5.97 Å². The Morgan fingerprint density at radius 2 is 2.40 bits per heavy atom. The number of allylic oxidation sites excluding steroid dienone is 1. The number of nitrogens with one attached hydrogen (secondary N) is 1. The molecule has 0 saturated heterocycles. The molecule has 0 saturated carbocycles. The molecule has 0 amide bonds. The molecule has 15 heavy (non-hydrogen) atoms. The number of carbonyl (C=O) groups is 1. The van der Waals surface area contributed by atoms with Crippen molar-refractivity contribution in [2.75, 3.05) is 6.54 Å². The highest BCUT2D eigenvalue weighted by atomic mass is 16.4. The predicted octanol–water partition coefficient (Wildman–Crippen LogP) is 1.93. The number of hydrogen-bond acceptors (Lipinski definition) is 3. The fraction of sp³-hybridized carbons (Fsp3) is 0.636. The fourth-order valence-electron chi connectivity index (χ4n) is 1.57. The van der Waals surface area contributed by atoms with E-state index in [0.29, 0.717) is 0 Å². The molecule has 0 aromatic heterocycles. The minimum atomic E-state index is -0.973. The van der Waals surface area contributed by atoms with Crippen molar-refractivity contribution in [1.29, 1.82) is 0 Å². The molecular weight excluding hydrogens is 192 g/mol. The summed E-state index contributed by atoms with van der Waals surface area (Å²) in [5.41, 5.74) is 4.35. The summed E-state index contributed by atoms with van der Waals surface area (Å²) < 4.78 is 0. The molecule has 0 aromatic rings. The van der Waals surface area contributed by atoms with Gasteiger partial charge in [-0.3, -0.25) is 0 Å². The SMILES string of the molecule is CC(=NNCCC1=CCCCC1)C(=O)O. The van der Waals surface area contributed by atoms with E-state index >= 15 is 0 Å². The van der Waals surface area contributed by atoms with Crippen LogP contribution in [0.2, 0.25) is 0 Å². The van der Waals surface area contributed by atoms with E-state index in [1.165, 1.54) is 38.2 Å². The normalized spacial score (nSPS) is 17.1. The van der Waals surface area contributed by atoms with Crippen molar-refractivity contribution in [3.8, 4) is 0 Å². The van der Waals surface area contributed by atoms with Crippen molar-refractivity contribution in [3.63, 3.8) is 0 Å². The van der Waals surface area contributed by atoms with Crippen LogP contribution in [0, 0.1) is 0 Å². The van der Waals surface area contributed by atoms with Crippen molar-refractivity contribution >= 4 is 11.7 Å². The third-order valence-electron chi connectivity index (χ3n) is 2.50. The van der Waals surface area contributed by atoms with Gasteiger partial charge in [-0.1, -0.05) is 11.6 Å². The first kappa shape index (κ1) is 11.8. The molecule has 84 valence electrons. The van der Waals surface area contributed by atoms with Gasteiger partial charge in [-0.2, -0.15) is 5.10 Å². The number of nitrogens with zero attached hydrogens (tertiary/aromatic N) is 1. The molecule has 0 heterocycles. The van der Waals surface area contributed by atoms with Gasteiger partial charge in [0.15, 0.2) is 0 Å². The summed E-state index contributed by atoms with van der Waals surface area (Å²) in [6.45, 7) is 2.20. The van der Waals surface area contributed by atoms with Crippen molar-refractivity contribution in [1.82, 2.24) is 5.43 Å². The third-order valence-corrected chi connectivity index (χ3v) is 2.50. The molecule has 0 atom stereocenters. The summed E-state index contributed by atoms with van der Waals surface area (Å²) in [6, 6.07) is 0. The van der Waals surface area contributed by atoms with E-state index in [1.807, 2.05) is 0 Å². The number of carboxylic acid groups (broad SMARTS) is 1. The lowest BCUT2D eigenvalue weighted by Gasteiger charge is -2.11. The topological polar surface area (TPSA) is 61.7 Å². The molecule has 1 aliphatic carbocycles. The smallest absolute Gasteiger partial charge is 0.351 e. The van der Waals surface area contributed by atoms with Gasteiger partial charge >= 0.3 is 5.97 Å². The number of hydrazone groups is 1. The van der Waals surface area contributed by atoms with Crippen LogP contribution in [0.25, 0.3) is 0 Å². The van der Waals surface area contributed by atoms with Gasteiger partial charge in [0.05, 0.1) is 0 Å². The summed E-state index contributed by atoms with van der Waals surface area (Å²) in [7, 11) is 0. The summed E-state index contributed by atoms with van der Waals surface area (Å²) in [5.74, 6) is -0.973. The van der Waals surface area contributed by atoms with Crippen LogP contribution in [0.5, 0.6) is 0 Å². The number of rotatable bonds is 5. The highest BCUT2D eigenvalue weighted by molar-refractivity contribution is 6.34. The zero-order valence-corrected chi connectivity index (χ0v) is 9.12. The maximum atomic E-state index is 10.4. The molecule has 0 aliphatic heterocycles.